The van der Waals surface area contributed by atoms with Gasteiger partial charge in [-0.3, -0.25) is 4.98 Å². The highest BCUT2D eigenvalue weighted by atomic mass is 79.9. The molecule has 0 unspecified atom stereocenters. The Bertz CT molecular complexity index is 513. The minimum Gasteiger partial charge on any atom is -0.383 e. The molecule has 5 heteroatoms. The van der Waals surface area contributed by atoms with Gasteiger partial charge in [0.2, 0.25) is 0 Å². The molecule has 0 saturated carbocycles. The van der Waals surface area contributed by atoms with Crippen molar-refractivity contribution >= 4 is 21.7 Å². The van der Waals surface area contributed by atoms with Crippen LogP contribution in [0.5, 0.6) is 0 Å². The van der Waals surface area contributed by atoms with Gasteiger partial charge in [0.25, 0.3) is 0 Å². The summed E-state index contributed by atoms with van der Waals surface area (Å²) in [5, 5.41) is 0. The van der Waals surface area contributed by atoms with Crippen LogP contribution < -0.4 is 5.73 Å². The molecule has 0 atom stereocenters. The van der Waals surface area contributed by atoms with E-state index < -0.39 is 0 Å². The average molecular weight is 279 g/mol. The van der Waals surface area contributed by atoms with Crippen LogP contribution in [0.1, 0.15) is 12.5 Å². The van der Waals surface area contributed by atoms with Crippen LogP contribution in [0.4, 0.5) is 5.82 Å². The predicted octanol–water partition coefficient (Wildman–Crippen LogP) is 2.45. The van der Waals surface area contributed by atoms with Gasteiger partial charge in [-0.05, 0) is 34.0 Å². The third kappa shape index (κ3) is 2.04. The summed E-state index contributed by atoms with van der Waals surface area (Å²) in [6.07, 6.45) is 6.12. The number of aryl methyl sites for hydroxylation is 1. The molecule has 0 amide bonds. The lowest BCUT2D eigenvalue weighted by molar-refractivity contribution is 1.08. The van der Waals surface area contributed by atoms with E-state index in [-0.39, 0.29) is 0 Å². The van der Waals surface area contributed by atoms with E-state index in [2.05, 4.69) is 37.8 Å². The molecule has 2 aromatic heterocycles. The Balaban J connectivity index is 2.54. The first kappa shape index (κ1) is 11.0. The summed E-state index contributed by atoms with van der Waals surface area (Å²) < 4.78 is 0.711. The van der Waals surface area contributed by atoms with E-state index >= 15 is 0 Å². The number of nitrogens with zero attached hydrogens (tertiary/aromatic N) is 3. The Morgan fingerprint density at radius 2 is 2.19 bits per heavy atom. The fraction of sp³-hybridized carbons (Fsp3) is 0.182. The summed E-state index contributed by atoms with van der Waals surface area (Å²) in [5.74, 6) is 1.09. The molecule has 0 fully saturated rings. The van der Waals surface area contributed by atoms with E-state index in [1.165, 1.54) is 0 Å². The fourth-order valence-corrected chi connectivity index (χ4v) is 1.63. The van der Waals surface area contributed by atoms with E-state index in [0.29, 0.717) is 16.1 Å². The second kappa shape index (κ2) is 4.57. The molecule has 2 N–H and O–H groups in total. The van der Waals surface area contributed by atoms with E-state index in [1.54, 1.807) is 12.4 Å². The molecule has 4 nitrogen and oxygen atoms in total. The molecule has 0 aliphatic rings. The van der Waals surface area contributed by atoms with Crippen LogP contribution in [0, 0.1) is 0 Å². The standard InChI is InChI=1S/C11H11BrN4/c1-2-7-5-14-4-3-8(7)11-15-6-9(12)10(13)16-11/h3-6H,2H2,1H3,(H2,13,15,16). The van der Waals surface area contributed by atoms with Crippen molar-refractivity contribution < 1.29 is 0 Å². The molecule has 2 aromatic rings. The highest BCUT2D eigenvalue weighted by Crippen LogP contribution is 2.23. The second-order valence-electron chi connectivity index (χ2n) is 3.31. The SMILES string of the molecule is CCc1cnccc1-c1ncc(Br)c(N)n1. The number of hydrogen-bond donors (Lipinski definition) is 1. The second-order valence-corrected chi connectivity index (χ2v) is 4.17. The summed E-state index contributed by atoms with van der Waals surface area (Å²) in [4.78, 5) is 12.6. The third-order valence-electron chi connectivity index (χ3n) is 2.30. The van der Waals surface area contributed by atoms with E-state index in [0.717, 1.165) is 17.5 Å². The summed E-state index contributed by atoms with van der Waals surface area (Å²) >= 11 is 3.28. The molecule has 0 spiro atoms. The number of nitrogens with two attached hydrogens (primary N) is 1. The number of rotatable bonds is 2. The molecule has 0 radical (unpaired) electrons. The molecule has 2 heterocycles. The molecule has 0 bridgehead atoms. The van der Waals surface area contributed by atoms with Crippen molar-refractivity contribution in [2.24, 2.45) is 0 Å². The number of anilines is 1. The summed E-state index contributed by atoms with van der Waals surface area (Å²) in [5.41, 5.74) is 7.83. The molecule has 0 aliphatic heterocycles. The Morgan fingerprint density at radius 3 is 2.88 bits per heavy atom. The molecule has 16 heavy (non-hydrogen) atoms. The van der Waals surface area contributed by atoms with Crippen molar-refractivity contribution in [1.82, 2.24) is 15.0 Å². The Morgan fingerprint density at radius 1 is 1.38 bits per heavy atom. The monoisotopic (exact) mass is 278 g/mol. The molecule has 0 aliphatic carbocycles. The minimum absolute atomic E-state index is 0.448. The lowest BCUT2D eigenvalue weighted by Crippen LogP contribution is -1.98. The van der Waals surface area contributed by atoms with Crippen LogP contribution in [0.15, 0.2) is 29.1 Å². The maximum Gasteiger partial charge on any atom is 0.161 e. The van der Waals surface area contributed by atoms with Crippen LogP contribution in [0.3, 0.4) is 0 Å². The lowest BCUT2D eigenvalue weighted by atomic mass is 10.1. The first-order valence-electron chi connectivity index (χ1n) is 4.93. The van der Waals surface area contributed by atoms with Gasteiger partial charge in [-0.2, -0.15) is 0 Å². The quantitative estimate of drug-likeness (QED) is 0.917. The van der Waals surface area contributed by atoms with Crippen LogP contribution >= 0.6 is 15.9 Å². The Kier molecular flexibility index (Phi) is 3.14. The smallest absolute Gasteiger partial charge is 0.161 e. The maximum atomic E-state index is 5.74. The average Bonchev–Trinajstić information content (AvgIpc) is 2.32. The number of nitrogen functional groups attached to an aromatic ring is 1. The van der Waals surface area contributed by atoms with Crippen molar-refractivity contribution in [1.29, 1.82) is 0 Å². The van der Waals surface area contributed by atoms with Crippen molar-refractivity contribution in [3.05, 3.63) is 34.7 Å². The molecule has 0 saturated heterocycles. The topological polar surface area (TPSA) is 64.7 Å². The first-order valence-corrected chi connectivity index (χ1v) is 5.73. The largest absolute Gasteiger partial charge is 0.383 e. The minimum atomic E-state index is 0.448. The lowest BCUT2D eigenvalue weighted by Gasteiger charge is -2.06. The van der Waals surface area contributed by atoms with Gasteiger partial charge >= 0.3 is 0 Å². The zero-order valence-electron chi connectivity index (χ0n) is 8.81. The normalized spacial score (nSPS) is 10.4. The number of hydrogen-bond acceptors (Lipinski definition) is 4. The zero-order valence-corrected chi connectivity index (χ0v) is 10.4. The number of aromatic nitrogens is 3. The van der Waals surface area contributed by atoms with Gasteiger partial charge < -0.3 is 5.73 Å². The molecule has 0 aromatic carbocycles. The van der Waals surface area contributed by atoms with Gasteiger partial charge in [-0.25, -0.2) is 9.97 Å². The predicted molar refractivity (Wildman–Crippen MR) is 66.8 cm³/mol. The van der Waals surface area contributed by atoms with Gasteiger partial charge in [0.15, 0.2) is 5.82 Å². The number of halogens is 1. The van der Waals surface area contributed by atoms with Gasteiger partial charge in [0.1, 0.15) is 5.82 Å². The fourth-order valence-electron chi connectivity index (χ4n) is 1.44. The molecule has 2 rings (SSSR count). The van der Waals surface area contributed by atoms with Crippen molar-refractivity contribution in [2.75, 3.05) is 5.73 Å². The van der Waals surface area contributed by atoms with Crippen molar-refractivity contribution in [3.8, 4) is 11.4 Å². The van der Waals surface area contributed by atoms with Crippen molar-refractivity contribution in [3.63, 3.8) is 0 Å². The van der Waals surface area contributed by atoms with Crippen LogP contribution in [-0.4, -0.2) is 15.0 Å². The highest BCUT2D eigenvalue weighted by molar-refractivity contribution is 9.10. The third-order valence-corrected chi connectivity index (χ3v) is 2.91. The van der Waals surface area contributed by atoms with E-state index in [9.17, 15) is 0 Å². The molecule has 82 valence electrons. The summed E-state index contributed by atoms with van der Waals surface area (Å²) in [6, 6.07) is 1.90. The molecular weight excluding hydrogens is 268 g/mol. The van der Waals surface area contributed by atoms with Gasteiger partial charge in [0, 0.05) is 24.2 Å². The van der Waals surface area contributed by atoms with E-state index in [1.807, 2.05) is 12.3 Å². The van der Waals surface area contributed by atoms with Crippen molar-refractivity contribution in [2.45, 2.75) is 13.3 Å². The Hall–Kier alpha value is -1.49. The Labute approximate surface area is 102 Å². The summed E-state index contributed by atoms with van der Waals surface area (Å²) in [6.45, 7) is 2.07. The zero-order chi connectivity index (χ0) is 11.5. The van der Waals surface area contributed by atoms with Crippen LogP contribution in [0.2, 0.25) is 0 Å². The van der Waals surface area contributed by atoms with E-state index in [4.69, 9.17) is 5.73 Å². The highest BCUT2D eigenvalue weighted by Gasteiger charge is 2.08. The van der Waals surface area contributed by atoms with Gasteiger partial charge in [-0.15, -0.1) is 0 Å². The van der Waals surface area contributed by atoms with Gasteiger partial charge in [-0.1, -0.05) is 6.92 Å². The molecular formula is C11H11BrN4. The first-order chi connectivity index (χ1) is 7.72. The van der Waals surface area contributed by atoms with Gasteiger partial charge in [0.05, 0.1) is 4.47 Å². The summed E-state index contributed by atoms with van der Waals surface area (Å²) in [7, 11) is 0. The van der Waals surface area contributed by atoms with Crippen LogP contribution in [0.25, 0.3) is 11.4 Å². The maximum absolute atomic E-state index is 5.74. The number of pyridine rings is 1. The van der Waals surface area contributed by atoms with Crippen LogP contribution in [-0.2, 0) is 6.42 Å².